The third-order valence-corrected chi connectivity index (χ3v) is 4.64. The molecule has 4 heteroatoms. The zero-order valence-electron chi connectivity index (χ0n) is 12.9. The molecule has 0 amide bonds. The van der Waals surface area contributed by atoms with Gasteiger partial charge in [-0.1, -0.05) is 13.3 Å². The Hall–Kier alpha value is -0.610. The molecule has 116 valence electrons. The fraction of sp³-hybridized carbons (Fsp3) is 0.938. The third-order valence-electron chi connectivity index (χ3n) is 4.64. The van der Waals surface area contributed by atoms with Crippen LogP contribution in [-0.2, 0) is 9.53 Å². The third kappa shape index (κ3) is 5.06. The Bertz CT molecular complexity index is 282. The summed E-state index contributed by atoms with van der Waals surface area (Å²) in [6.45, 7) is 8.42. The lowest BCUT2D eigenvalue weighted by Crippen LogP contribution is -2.41. The Morgan fingerprint density at radius 2 is 1.90 bits per heavy atom. The number of piperidine rings is 2. The van der Waals surface area contributed by atoms with Crippen LogP contribution in [0.25, 0.3) is 0 Å². The largest absolute Gasteiger partial charge is 0.465 e. The standard InChI is InChI=1S/C16H30N2O2/c1-2-3-12-20-16(19)15-6-10-18(11-7-15)13-14-4-8-17-9-5-14/h14-15,17H,2-13H2,1H3. The second-order valence-electron chi connectivity index (χ2n) is 6.29. The van der Waals surface area contributed by atoms with E-state index in [-0.39, 0.29) is 11.9 Å². The van der Waals surface area contributed by atoms with E-state index in [1.54, 1.807) is 0 Å². The highest BCUT2D eigenvalue weighted by atomic mass is 16.5. The summed E-state index contributed by atoms with van der Waals surface area (Å²) >= 11 is 0. The normalized spacial score (nSPS) is 22.9. The fourth-order valence-corrected chi connectivity index (χ4v) is 3.22. The van der Waals surface area contributed by atoms with Crippen molar-refractivity contribution in [3.8, 4) is 0 Å². The van der Waals surface area contributed by atoms with Gasteiger partial charge in [0.1, 0.15) is 0 Å². The van der Waals surface area contributed by atoms with Crippen LogP contribution in [0, 0.1) is 11.8 Å². The molecule has 2 heterocycles. The Morgan fingerprint density at radius 1 is 1.20 bits per heavy atom. The van der Waals surface area contributed by atoms with E-state index in [2.05, 4.69) is 17.1 Å². The summed E-state index contributed by atoms with van der Waals surface area (Å²) in [5.74, 6) is 1.04. The molecule has 0 aromatic heterocycles. The minimum absolute atomic E-state index is 0.0416. The van der Waals surface area contributed by atoms with Crippen LogP contribution in [-0.4, -0.2) is 50.2 Å². The maximum absolute atomic E-state index is 11.9. The number of nitrogens with zero attached hydrogens (tertiary/aromatic N) is 1. The molecule has 2 aliphatic heterocycles. The molecule has 0 bridgehead atoms. The zero-order valence-corrected chi connectivity index (χ0v) is 12.9. The zero-order chi connectivity index (χ0) is 14.2. The summed E-state index contributed by atoms with van der Waals surface area (Å²) in [7, 11) is 0. The van der Waals surface area contributed by atoms with Crippen molar-refractivity contribution < 1.29 is 9.53 Å². The molecule has 0 saturated carbocycles. The van der Waals surface area contributed by atoms with E-state index in [0.29, 0.717) is 6.61 Å². The summed E-state index contributed by atoms with van der Waals surface area (Å²) < 4.78 is 5.34. The molecule has 2 saturated heterocycles. The van der Waals surface area contributed by atoms with Gasteiger partial charge in [-0.2, -0.15) is 0 Å². The van der Waals surface area contributed by atoms with Crippen LogP contribution in [0.5, 0.6) is 0 Å². The maximum Gasteiger partial charge on any atom is 0.309 e. The van der Waals surface area contributed by atoms with Crippen LogP contribution in [0.3, 0.4) is 0 Å². The van der Waals surface area contributed by atoms with Gasteiger partial charge < -0.3 is 15.0 Å². The topological polar surface area (TPSA) is 41.6 Å². The second kappa shape index (κ2) is 8.63. The summed E-state index contributed by atoms with van der Waals surface area (Å²) in [6.07, 6.45) is 6.64. The van der Waals surface area contributed by atoms with Gasteiger partial charge in [0.15, 0.2) is 0 Å². The lowest BCUT2D eigenvalue weighted by Gasteiger charge is -2.34. The van der Waals surface area contributed by atoms with Gasteiger partial charge in [0.05, 0.1) is 12.5 Å². The highest BCUT2D eigenvalue weighted by Gasteiger charge is 2.27. The molecule has 0 aromatic rings. The van der Waals surface area contributed by atoms with E-state index >= 15 is 0 Å². The summed E-state index contributed by atoms with van der Waals surface area (Å²) in [6, 6.07) is 0. The predicted molar refractivity (Wildman–Crippen MR) is 80.6 cm³/mol. The molecule has 0 aromatic carbocycles. The molecule has 0 spiro atoms. The average Bonchev–Trinajstić information content (AvgIpc) is 2.49. The van der Waals surface area contributed by atoms with Crippen LogP contribution in [0.15, 0.2) is 0 Å². The minimum atomic E-state index is 0.0416. The number of likely N-dealkylation sites (tertiary alicyclic amines) is 1. The molecule has 4 nitrogen and oxygen atoms in total. The Kier molecular flexibility index (Phi) is 6.80. The molecule has 0 aliphatic carbocycles. The number of esters is 1. The van der Waals surface area contributed by atoms with Crippen LogP contribution in [0.4, 0.5) is 0 Å². The first-order chi connectivity index (χ1) is 9.79. The molecular formula is C16H30N2O2. The Labute approximate surface area is 123 Å². The molecule has 2 fully saturated rings. The van der Waals surface area contributed by atoms with Crippen molar-refractivity contribution in [2.45, 2.75) is 45.4 Å². The van der Waals surface area contributed by atoms with Crippen molar-refractivity contribution in [3.63, 3.8) is 0 Å². The molecule has 0 unspecified atom stereocenters. The lowest BCUT2D eigenvalue weighted by atomic mass is 9.93. The molecule has 2 aliphatic rings. The molecule has 0 radical (unpaired) electrons. The van der Waals surface area contributed by atoms with Crippen LogP contribution < -0.4 is 5.32 Å². The molecule has 20 heavy (non-hydrogen) atoms. The number of carbonyl (C=O) groups excluding carboxylic acids is 1. The van der Waals surface area contributed by atoms with E-state index in [4.69, 9.17) is 4.74 Å². The average molecular weight is 282 g/mol. The molecule has 2 rings (SSSR count). The summed E-state index contributed by atoms with van der Waals surface area (Å²) in [5, 5.41) is 3.42. The second-order valence-corrected chi connectivity index (χ2v) is 6.29. The number of hydrogen-bond donors (Lipinski definition) is 1. The Balaban J connectivity index is 1.62. The van der Waals surface area contributed by atoms with Gasteiger partial charge in [-0.15, -0.1) is 0 Å². The summed E-state index contributed by atoms with van der Waals surface area (Å²) in [4.78, 5) is 14.5. The molecule has 1 N–H and O–H groups in total. The van der Waals surface area contributed by atoms with Gasteiger partial charge in [-0.05, 0) is 64.2 Å². The minimum Gasteiger partial charge on any atom is -0.465 e. The van der Waals surface area contributed by atoms with Crippen molar-refractivity contribution in [3.05, 3.63) is 0 Å². The number of nitrogens with one attached hydrogen (secondary N) is 1. The van der Waals surface area contributed by atoms with Crippen molar-refractivity contribution in [2.75, 3.05) is 39.3 Å². The quantitative estimate of drug-likeness (QED) is 0.598. The first-order valence-corrected chi connectivity index (χ1v) is 8.39. The monoisotopic (exact) mass is 282 g/mol. The van der Waals surface area contributed by atoms with Gasteiger partial charge in [-0.25, -0.2) is 0 Å². The van der Waals surface area contributed by atoms with Crippen molar-refractivity contribution in [1.29, 1.82) is 0 Å². The highest BCUT2D eigenvalue weighted by molar-refractivity contribution is 5.72. The van der Waals surface area contributed by atoms with E-state index in [0.717, 1.165) is 44.7 Å². The van der Waals surface area contributed by atoms with E-state index in [1.165, 1.54) is 32.5 Å². The molecular weight excluding hydrogens is 252 g/mol. The maximum atomic E-state index is 11.9. The first kappa shape index (κ1) is 15.8. The van der Waals surface area contributed by atoms with Crippen molar-refractivity contribution in [1.82, 2.24) is 10.2 Å². The van der Waals surface area contributed by atoms with Gasteiger partial charge in [0, 0.05) is 6.54 Å². The van der Waals surface area contributed by atoms with E-state index < -0.39 is 0 Å². The first-order valence-electron chi connectivity index (χ1n) is 8.39. The van der Waals surface area contributed by atoms with Gasteiger partial charge >= 0.3 is 5.97 Å². The lowest BCUT2D eigenvalue weighted by molar-refractivity contribution is -0.150. The Morgan fingerprint density at radius 3 is 2.55 bits per heavy atom. The number of hydrogen-bond acceptors (Lipinski definition) is 4. The predicted octanol–water partition coefficient (Wildman–Crippen LogP) is 2.04. The fourth-order valence-electron chi connectivity index (χ4n) is 3.22. The van der Waals surface area contributed by atoms with Crippen molar-refractivity contribution >= 4 is 5.97 Å². The number of carbonyl (C=O) groups is 1. The summed E-state index contributed by atoms with van der Waals surface area (Å²) in [5.41, 5.74) is 0. The SMILES string of the molecule is CCCCOC(=O)C1CCN(CC2CCNCC2)CC1. The van der Waals surface area contributed by atoms with Crippen LogP contribution in [0.1, 0.15) is 45.4 Å². The number of ether oxygens (including phenoxy) is 1. The van der Waals surface area contributed by atoms with Crippen LogP contribution in [0.2, 0.25) is 0 Å². The van der Waals surface area contributed by atoms with E-state index in [9.17, 15) is 4.79 Å². The number of rotatable bonds is 6. The van der Waals surface area contributed by atoms with Gasteiger partial charge in [0.25, 0.3) is 0 Å². The highest BCUT2D eigenvalue weighted by Crippen LogP contribution is 2.21. The van der Waals surface area contributed by atoms with Crippen molar-refractivity contribution in [2.24, 2.45) is 11.8 Å². The van der Waals surface area contributed by atoms with Crippen LogP contribution >= 0.6 is 0 Å². The number of unbranched alkanes of at least 4 members (excludes halogenated alkanes) is 1. The van der Waals surface area contributed by atoms with Gasteiger partial charge in [-0.3, -0.25) is 4.79 Å². The van der Waals surface area contributed by atoms with E-state index in [1.807, 2.05) is 0 Å². The molecule has 0 atom stereocenters. The van der Waals surface area contributed by atoms with Gasteiger partial charge in [0.2, 0.25) is 0 Å². The smallest absolute Gasteiger partial charge is 0.309 e.